The lowest BCUT2D eigenvalue weighted by Crippen LogP contribution is -2.21. The van der Waals surface area contributed by atoms with Crippen LogP contribution in [-0.2, 0) is 0 Å². The summed E-state index contributed by atoms with van der Waals surface area (Å²) in [5.74, 6) is 0.728. The van der Waals surface area contributed by atoms with Crippen LogP contribution in [-0.4, -0.2) is 37.3 Å². The molecule has 1 atom stereocenters. The van der Waals surface area contributed by atoms with Crippen molar-refractivity contribution in [3.05, 3.63) is 35.4 Å². The molecule has 0 amide bonds. The third-order valence-electron chi connectivity index (χ3n) is 4.06. The van der Waals surface area contributed by atoms with Crippen molar-refractivity contribution in [2.24, 2.45) is 0 Å². The smallest absolute Gasteiger partial charge is 0.174 e. The van der Waals surface area contributed by atoms with Gasteiger partial charge < -0.3 is 29.2 Å². The Hall–Kier alpha value is -3.09. The number of hydrogen-bond donors (Lipinski definition) is 2. The van der Waals surface area contributed by atoms with Gasteiger partial charge >= 0.3 is 0 Å². The molecule has 25 heavy (non-hydrogen) atoms. The van der Waals surface area contributed by atoms with Crippen LogP contribution in [0.4, 0.5) is 0 Å². The van der Waals surface area contributed by atoms with Crippen LogP contribution in [0.1, 0.15) is 28.4 Å². The molecule has 132 valence electrons. The summed E-state index contributed by atoms with van der Waals surface area (Å²) in [5, 5.41) is 19.6. The Morgan fingerprint density at radius 1 is 1.00 bits per heavy atom. The molecule has 1 unspecified atom stereocenters. The van der Waals surface area contributed by atoms with E-state index in [-0.39, 0.29) is 35.0 Å². The number of phenols is 2. The van der Waals surface area contributed by atoms with Gasteiger partial charge in [-0.2, -0.15) is 0 Å². The molecule has 7 nitrogen and oxygen atoms in total. The van der Waals surface area contributed by atoms with E-state index in [1.54, 1.807) is 12.1 Å². The zero-order valence-corrected chi connectivity index (χ0v) is 14.0. The number of rotatable bonds is 4. The van der Waals surface area contributed by atoms with Gasteiger partial charge in [-0.1, -0.05) is 0 Å². The summed E-state index contributed by atoms with van der Waals surface area (Å²) in [4.78, 5) is 12.5. The lowest BCUT2D eigenvalue weighted by molar-refractivity contribution is 0.0838. The molecule has 1 heterocycles. The molecular formula is C18H18O7. The van der Waals surface area contributed by atoms with E-state index < -0.39 is 6.10 Å². The van der Waals surface area contributed by atoms with Crippen LogP contribution < -0.4 is 18.9 Å². The van der Waals surface area contributed by atoms with Crippen molar-refractivity contribution in [2.75, 3.05) is 21.3 Å². The van der Waals surface area contributed by atoms with Gasteiger partial charge in [0.15, 0.2) is 5.78 Å². The molecule has 1 aliphatic heterocycles. The van der Waals surface area contributed by atoms with Gasteiger partial charge in [0.1, 0.15) is 46.2 Å². The molecule has 0 aliphatic carbocycles. The Bertz CT molecular complexity index is 803. The van der Waals surface area contributed by atoms with Crippen molar-refractivity contribution in [3.8, 4) is 34.5 Å². The Balaban J connectivity index is 2.10. The number of methoxy groups -OCH3 is 3. The number of phenolic OH excluding ortho intramolecular Hbond substituents is 2. The highest BCUT2D eigenvalue weighted by Crippen LogP contribution is 2.46. The first kappa shape index (κ1) is 16.8. The largest absolute Gasteiger partial charge is 0.508 e. The van der Waals surface area contributed by atoms with E-state index in [4.69, 9.17) is 18.9 Å². The van der Waals surface area contributed by atoms with E-state index in [0.717, 1.165) is 6.07 Å². The van der Waals surface area contributed by atoms with Crippen molar-refractivity contribution in [2.45, 2.75) is 12.5 Å². The summed E-state index contributed by atoms with van der Waals surface area (Å²) < 4.78 is 21.9. The fourth-order valence-electron chi connectivity index (χ4n) is 2.94. The lowest BCUT2D eigenvalue weighted by atomic mass is 9.94. The second-order valence-electron chi connectivity index (χ2n) is 5.52. The molecule has 2 N–H and O–H groups in total. The number of fused-ring (bicyclic) bond motifs is 1. The minimum Gasteiger partial charge on any atom is -0.508 e. The van der Waals surface area contributed by atoms with Crippen LogP contribution in [0.2, 0.25) is 0 Å². The molecule has 0 bridgehead atoms. The lowest BCUT2D eigenvalue weighted by Gasteiger charge is -2.28. The molecule has 0 saturated carbocycles. The Morgan fingerprint density at radius 2 is 1.64 bits per heavy atom. The van der Waals surface area contributed by atoms with Crippen LogP contribution in [0, 0.1) is 0 Å². The van der Waals surface area contributed by atoms with Gasteiger partial charge in [-0.3, -0.25) is 4.79 Å². The zero-order valence-electron chi connectivity index (χ0n) is 14.0. The Morgan fingerprint density at radius 3 is 2.20 bits per heavy atom. The van der Waals surface area contributed by atoms with E-state index in [9.17, 15) is 15.0 Å². The summed E-state index contributed by atoms with van der Waals surface area (Å²) in [6.07, 6.45) is -0.707. The Kier molecular flexibility index (Phi) is 4.31. The fraction of sp³-hybridized carbons (Fsp3) is 0.278. The second kappa shape index (κ2) is 6.43. The molecule has 0 fully saturated rings. The monoisotopic (exact) mass is 346 g/mol. The van der Waals surface area contributed by atoms with Gasteiger partial charge in [-0.05, 0) is 0 Å². The van der Waals surface area contributed by atoms with Crippen molar-refractivity contribution in [3.63, 3.8) is 0 Å². The number of ether oxygens (including phenoxy) is 4. The molecule has 0 aromatic heterocycles. The normalized spacial score (nSPS) is 16.0. The highest BCUT2D eigenvalue weighted by atomic mass is 16.5. The van der Waals surface area contributed by atoms with Crippen LogP contribution >= 0.6 is 0 Å². The van der Waals surface area contributed by atoms with E-state index in [2.05, 4.69) is 0 Å². The van der Waals surface area contributed by atoms with Crippen molar-refractivity contribution >= 4 is 5.78 Å². The molecular weight excluding hydrogens is 328 g/mol. The number of carbonyl (C=O) groups is 1. The topological polar surface area (TPSA) is 94.5 Å². The Labute approximate surface area is 144 Å². The van der Waals surface area contributed by atoms with Crippen molar-refractivity contribution < 1.29 is 34.0 Å². The number of Topliss-reactive ketones (excluding diaryl/α,β-unsaturated/α-hetero) is 1. The second-order valence-corrected chi connectivity index (χ2v) is 5.52. The third-order valence-corrected chi connectivity index (χ3v) is 4.06. The SMILES string of the molecule is COc1cc(OC)c(C2CC(=O)c3c(O)cc(O)cc3O2)c(OC)c1. The average molecular weight is 346 g/mol. The molecule has 3 rings (SSSR count). The maximum atomic E-state index is 12.5. The number of benzene rings is 2. The summed E-state index contributed by atoms with van der Waals surface area (Å²) in [6, 6.07) is 5.73. The van der Waals surface area contributed by atoms with Crippen molar-refractivity contribution in [1.82, 2.24) is 0 Å². The minimum atomic E-state index is -0.697. The van der Waals surface area contributed by atoms with Gasteiger partial charge in [0.25, 0.3) is 0 Å². The number of carbonyl (C=O) groups excluding carboxylic acids is 1. The molecule has 7 heteroatoms. The highest BCUT2D eigenvalue weighted by Gasteiger charge is 2.34. The quantitative estimate of drug-likeness (QED) is 0.879. The average Bonchev–Trinajstić information content (AvgIpc) is 2.59. The molecule has 0 spiro atoms. The van der Waals surface area contributed by atoms with Gasteiger partial charge in [-0.25, -0.2) is 0 Å². The highest BCUT2D eigenvalue weighted by molar-refractivity contribution is 6.02. The molecule has 0 saturated heterocycles. The molecule has 2 aromatic carbocycles. The van der Waals surface area contributed by atoms with Crippen LogP contribution in [0.3, 0.4) is 0 Å². The summed E-state index contributed by atoms with van der Waals surface area (Å²) in [7, 11) is 4.51. The van der Waals surface area contributed by atoms with Crippen LogP contribution in [0.15, 0.2) is 24.3 Å². The van der Waals surface area contributed by atoms with E-state index in [1.165, 1.54) is 27.4 Å². The van der Waals surface area contributed by atoms with Crippen LogP contribution in [0.25, 0.3) is 0 Å². The maximum absolute atomic E-state index is 12.5. The molecule has 0 radical (unpaired) electrons. The minimum absolute atomic E-state index is 0.00954. The van der Waals surface area contributed by atoms with E-state index in [1.807, 2.05) is 0 Å². The van der Waals surface area contributed by atoms with Gasteiger partial charge in [0, 0.05) is 24.3 Å². The number of aromatic hydroxyl groups is 2. The standard InChI is InChI=1S/C18H18O7/c1-22-10-6-13(23-2)18(14(7-10)24-3)16-8-12(21)17-11(20)4-9(19)5-15(17)25-16/h4-7,16,19-20H,8H2,1-3H3. The van der Waals surface area contributed by atoms with Gasteiger partial charge in [-0.15, -0.1) is 0 Å². The first-order chi connectivity index (χ1) is 12.0. The fourth-order valence-corrected chi connectivity index (χ4v) is 2.94. The van der Waals surface area contributed by atoms with E-state index in [0.29, 0.717) is 22.8 Å². The predicted molar refractivity (Wildman–Crippen MR) is 88.2 cm³/mol. The van der Waals surface area contributed by atoms with Crippen LogP contribution in [0.5, 0.6) is 34.5 Å². The zero-order chi connectivity index (χ0) is 18.1. The van der Waals surface area contributed by atoms with Gasteiger partial charge in [0.2, 0.25) is 0 Å². The number of ketones is 1. The van der Waals surface area contributed by atoms with Crippen molar-refractivity contribution in [1.29, 1.82) is 0 Å². The molecule has 2 aromatic rings. The number of hydrogen-bond acceptors (Lipinski definition) is 7. The summed E-state index contributed by atoms with van der Waals surface area (Å²) >= 11 is 0. The summed E-state index contributed by atoms with van der Waals surface area (Å²) in [6.45, 7) is 0. The van der Waals surface area contributed by atoms with Gasteiger partial charge in [0.05, 0.1) is 33.3 Å². The first-order valence-corrected chi connectivity index (χ1v) is 7.54. The maximum Gasteiger partial charge on any atom is 0.174 e. The van der Waals surface area contributed by atoms with E-state index >= 15 is 0 Å². The summed E-state index contributed by atoms with van der Waals surface area (Å²) in [5.41, 5.74) is 0.605. The third kappa shape index (κ3) is 2.88. The predicted octanol–water partition coefficient (Wildman–Crippen LogP) is 2.83. The first-order valence-electron chi connectivity index (χ1n) is 7.54. The molecule has 1 aliphatic rings.